The van der Waals surface area contributed by atoms with Gasteiger partial charge in [0.15, 0.2) is 0 Å². The Kier molecular flexibility index (Phi) is 8.24. The monoisotopic (exact) mass is 232 g/mol. The zero-order chi connectivity index (χ0) is 12.4. The van der Waals surface area contributed by atoms with Crippen LogP contribution in [0.5, 0.6) is 0 Å². The first-order valence-electron chi connectivity index (χ1n) is 5.48. The Morgan fingerprint density at radius 1 is 1.44 bits per heavy atom. The third kappa shape index (κ3) is 7.05. The molecule has 0 aliphatic carbocycles. The van der Waals surface area contributed by atoms with Gasteiger partial charge in [0.25, 0.3) is 0 Å². The number of rotatable bonds is 8. The van der Waals surface area contributed by atoms with Crippen LogP contribution in [0.3, 0.4) is 0 Å². The maximum absolute atomic E-state index is 11.1. The van der Waals surface area contributed by atoms with Crippen LogP contribution in [-0.2, 0) is 9.53 Å². The molecular weight excluding hydrogens is 212 g/mol. The molecule has 6 nitrogen and oxygen atoms in total. The lowest BCUT2D eigenvalue weighted by molar-refractivity contribution is -0.139. The molecule has 0 spiro atoms. The van der Waals surface area contributed by atoms with Crippen LogP contribution in [0, 0.1) is 0 Å². The molecule has 94 valence electrons. The first-order chi connectivity index (χ1) is 7.61. The number of carboxylic acid groups (broad SMARTS) is 1. The highest BCUT2D eigenvalue weighted by molar-refractivity contribution is 5.79. The van der Waals surface area contributed by atoms with E-state index < -0.39 is 18.1 Å². The fourth-order valence-corrected chi connectivity index (χ4v) is 1.13. The maximum Gasteiger partial charge on any atom is 0.407 e. The Labute approximate surface area is 95.1 Å². The highest BCUT2D eigenvalue weighted by atomic mass is 16.5. The summed E-state index contributed by atoms with van der Waals surface area (Å²) >= 11 is 0. The molecule has 0 aromatic rings. The SMILES string of the molecule is CCCOC(=O)N[C@@H](CCCCN)C(=O)O. The summed E-state index contributed by atoms with van der Waals surface area (Å²) in [6, 6.07) is -0.893. The van der Waals surface area contributed by atoms with Crippen molar-refractivity contribution in [2.24, 2.45) is 5.73 Å². The van der Waals surface area contributed by atoms with Crippen molar-refractivity contribution in [1.29, 1.82) is 0 Å². The quantitative estimate of drug-likeness (QED) is 0.535. The number of ether oxygens (including phenoxy) is 1. The summed E-state index contributed by atoms with van der Waals surface area (Å²) in [4.78, 5) is 21.9. The summed E-state index contributed by atoms with van der Waals surface area (Å²) < 4.78 is 4.74. The molecule has 0 aliphatic rings. The minimum Gasteiger partial charge on any atom is -0.480 e. The van der Waals surface area contributed by atoms with Gasteiger partial charge in [0.2, 0.25) is 0 Å². The van der Waals surface area contributed by atoms with Crippen molar-refractivity contribution >= 4 is 12.1 Å². The Morgan fingerprint density at radius 3 is 2.62 bits per heavy atom. The molecule has 1 amide bonds. The lowest BCUT2D eigenvalue weighted by Crippen LogP contribution is -2.41. The Balaban J connectivity index is 3.92. The average Bonchev–Trinajstić information content (AvgIpc) is 2.25. The van der Waals surface area contributed by atoms with E-state index in [0.29, 0.717) is 32.4 Å². The van der Waals surface area contributed by atoms with E-state index in [1.165, 1.54) is 0 Å². The number of carboxylic acids is 1. The van der Waals surface area contributed by atoms with Gasteiger partial charge < -0.3 is 20.9 Å². The van der Waals surface area contributed by atoms with E-state index >= 15 is 0 Å². The Morgan fingerprint density at radius 2 is 2.12 bits per heavy atom. The summed E-state index contributed by atoms with van der Waals surface area (Å²) in [5.41, 5.74) is 5.30. The molecular formula is C10H20N2O4. The number of nitrogens with one attached hydrogen (secondary N) is 1. The van der Waals surface area contributed by atoms with Crippen molar-refractivity contribution in [2.45, 2.75) is 38.6 Å². The van der Waals surface area contributed by atoms with Crippen LogP contribution in [0.2, 0.25) is 0 Å². The van der Waals surface area contributed by atoms with Crippen molar-refractivity contribution in [1.82, 2.24) is 5.32 Å². The van der Waals surface area contributed by atoms with Crippen molar-refractivity contribution in [3.63, 3.8) is 0 Å². The molecule has 0 radical (unpaired) electrons. The normalized spacial score (nSPS) is 11.9. The van der Waals surface area contributed by atoms with Gasteiger partial charge in [0.1, 0.15) is 6.04 Å². The average molecular weight is 232 g/mol. The summed E-state index contributed by atoms with van der Waals surface area (Å²) in [5.74, 6) is -1.05. The van der Waals surface area contributed by atoms with Crippen LogP contribution >= 0.6 is 0 Å². The van der Waals surface area contributed by atoms with Crippen molar-refractivity contribution in [2.75, 3.05) is 13.2 Å². The molecule has 0 saturated carbocycles. The molecule has 0 rings (SSSR count). The Bertz CT molecular complexity index is 221. The highest BCUT2D eigenvalue weighted by Gasteiger charge is 2.19. The molecule has 0 heterocycles. The van der Waals surface area contributed by atoms with Crippen molar-refractivity contribution in [3.05, 3.63) is 0 Å². The molecule has 0 saturated heterocycles. The lowest BCUT2D eigenvalue weighted by atomic mass is 10.1. The van der Waals surface area contributed by atoms with E-state index in [1.54, 1.807) is 0 Å². The number of amides is 1. The van der Waals surface area contributed by atoms with Gasteiger partial charge in [0.05, 0.1) is 6.61 Å². The molecule has 6 heteroatoms. The number of carbonyl (C=O) groups is 2. The molecule has 4 N–H and O–H groups in total. The Hall–Kier alpha value is -1.30. The number of aliphatic carboxylic acids is 1. The molecule has 0 fully saturated rings. The minimum absolute atomic E-state index is 0.293. The van der Waals surface area contributed by atoms with Gasteiger partial charge in [-0.25, -0.2) is 9.59 Å². The fourth-order valence-electron chi connectivity index (χ4n) is 1.13. The molecule has 0 aromatic heterocycles. The van der Waals surface area contributed by atoms with Gasteiger partial charge in [-0.3, -0.25) is 0 Å². The van der Waals surface area contributed by atoms with Gasteiger partial charge in [-0.05, 0) is 32.2 Å². The number of hydrogen-bond donors (Lipinski definition) is 3. The minimum atomic E-state index is -1.05. The highest BCUT2D eigenvalue weighted by Crippen LogP contribution is 2.01. The number of alkyl carbamates (subject to hydrolysis) is 1. The zero-order valence-corrected chi connectivity index (χ0v) is 9.57. The van der Waals surface area contributed by atoms with E-state index in [-0.39, 0.29) is 0 Å². The van der Waals surface area contributed by atoms with Crippen molar-refractivity contribution < 1.29 is 19.4 Å². The first kappa shape index (κ1) is 14.7. The predicted molar refractivity (Wildman–Crippen MR) is 59.1 cm³/mol. The molecule has 0 unspecified atom stereocenters. The molecule has 0 aliphatic heterocycles. The largest absolute Gasteiger partial charge is 0.480 e. The number of nitrogens with two attached hydrogens (primary N) is 1. The third-order valence-electron chi connectivity index (χ3n) is 1.97. The number of hydrogen-bond acceptors (Lipinski definition) is 4. The molecule has 1 atom stereocenters. The van der Waals surface area contributed by atoms with Crippen molar-refractivity contribution in [3.8, 4) is 0 Å². The molecule has 16 heavy (non-hydrogen) atoms. The number of carbonyl (C=O) groups excluding carboxylic acids is 1. The lowest BCUT2D eigenvalue weighted by Gasteiger charge is -2.13. The standard InChI is InChI=1S/C10H20N2O4/c1-2-7-16-10(15)12-8(9(13)14)5-3-4-6-11/h8H,2-7,11H2,1H3,(H,12,15)(H,13,14)/t8-/m0/s1. The van der Waals surface area contributed by atoms with Crippen LogP contribution in [-0.4, -0.2) is 36.4 Å². The second-order valence-corrected chi connectivity index (χ2v) is 3.46. The van der Waals surface area contributed by atoms with E-state index in [2.05, 4.69) is 5.32 Å². The van der Waals surface area contributed by atoms with E-state index in [4.69, 9.17) is 15.6 Å². The van der Waals surface area contributed by atoms with Crippen LogP contribution in [0.15, 0.2) is 0 Å². The molecule has 0 aromatic carbocycles. The number of unbranched alkanes of at least 4 members (excludes halogenated alkanes) is 1. The van der Waals surface area contributed by atoms with Crippen LogP contribution in [0.4, 0.5) is 4.79 Å². The molecule has 0 bridgehead atoms. The van der Waals surface area contributed by atoms with E-state index in [0.717, 1.165) is 6.42 Å². The van der Waals surface area contributed by atoms with Crippen LogP contribution in [0.25, 0.3) is 0 Å². The van der Waals surface area contributed by atoms with Gasteiger partial charge in [0, 0.05) is 0 Å². The van der Waals surface area contributed by atoms with Gasteiger partial charge in [-0.2, -0.15) is 0 Å². The first-order valence-corrected chi connectivity index (χ1v) is 5.48. The maximum atomic E-state index is 11.1. The van der Waals surface area contributed by atoms with E-state index in [1.807, 2.05) is 6.92 Å². The summed E-state index contributed by atoms with van der Waals surface area (Å²) in [5, 5.41) is 11.2. The smallest absolute Gasteiger partial charge is 0.407 e. The fraction of sp³-hybridized carbons (Fsp3) is 0.800. The van der Waals surface area contributed by atoms with Crippen LogP contribution in [0.1, 0.15) is 32.6 Å². The topological polar surface area (TPSA) is 102 Å². The summed E-state index contributed by atoms with van der Waals surface area (Å²) in [7, 11) is 0. The van der Waals surface area contributed by atoms with Crippen LogP contribution < -0.4 is 11.1 Å². The van der Waals surface area contributed by atoms with Gasteiger partial charge >= 0.3 is 12.1 Å². The second-order valence-electron chi connectivity index (χ2n) is 3.46. The summed E-state index contributed by atoms with van der Waals surface area (Å²) in [6.07, 6.45) is 1.81. The van der Waals surface area contributed by atoms with Gasteiger partial charge in [-0.1, -0.05) is 6.92 Å². The summed E-state index contributed by atoms with van der Waals surface area (Å²) in [6.45, 7) is 2.68. The third-order valence-corrected chi connectivity index (χ3v) is 1.97. The zero-order valence-electron chi connectivity index (χ0n) is 9.57. The van der Waals surface area contributed by atoms with Gasteiger partial charge in [-0.15, -0.1) is 0 Å². The van der Waals surface area contributed by atoms with E-state index in [9.17, 15) is 9.59 Å². The predicted octanol–water partition coefficient (Wildman–Crippen LogP) is 0.705. The second kappa shape index (κ2) is 8.96.